The Bertz CT molecular complexity index is 263. The molecule has 1 aromatic heterocycles. The Labute approximate surface area is 69.8 Å². The molecule has 0 bridgehead atoms. The lowest BCUT2D eigenvalue weighted by atomic mass is 10.4. The minimum absolute atomic E-state index is 0.410. The summed E-state index contributed by atoms with van der Waals surface area (Å²) < 4.78 is 0. The highest BCUT2D eigenvalue weighted by Gasteiger charge is 2.11. The van der Waals surface area contributed by atoms with Crippen LogP contribution in [0.2, 0.25) is 0 Å². The predicted molar refractivity (Wildman–Crippen MR) is 43.9 cm³/mol. The second kappa shape index (κ2) is 5.06. The van der Waals surface area contributed by atoms with Crippen LogP contribution in [-0.2, 0) is 0 Å². The van der Waals surface area contributed by atoms with E-state index >= 15 is 0 Å². The van der Waals surface area contributed by atoms with E-state index in [9.17, 15) is 10.1 Å². The molecule has 0 aromatic carbocycles. The van der Waals surface area contributed by atoms with Gasteiger partial charge in [-0.3, -0.25) is 0 Å². The van der Waals surface area contributed by atoms with Gasteiger partial charge >= 0.3 is 5.82 Å². The van der Waals surface area contributed by atoms with E-state index < -0.39 is 16.5 Å². The van der Waals surface area contributed by atoms with Crippen molar-refractivity contribution in [3.8, 4) is 5.75 Å². The lowest BCUT2D eigenvalue weighted by Crippen LogP contribution is -1.90. The molecule has 1 rings (SSSR count). The zero-order valence-corrected chi connectivity index (χ0v) is 6.89. The molecule has 0 saturated heterocycles. The fourth-order valence-electron chi connectivity index (χ4n) is 0.529. The average Bonchev–Trinajstić information content (AvgIpc) is 2.08. The summed E-state index contributed by atoms with van der Waals surface area (Å²) in [5.74, 6) is -0.921. The standard InChI is InChI=1S/C5H4N2O3.C2H6/c8-4-2-1-3-6-5(4)7(9)10;1-2/h1-3,8H;1-2H3. The number of pyridine rings is 1. The fourth-order valence-corrected chi connectivity index (χ4v) is 0.529. The SMILES string of the molecule is CC.O=[N+]([O-])c1ncccc1O. The van der Waals surface area contributed by atoms with Gasteiger partial charge in [0, 0.05) is 0 Å². The van der Waals surface area contributed by atoms with Gasteiger partial charge in [0.2, 0.25) is 5.75 Å². The summed E-state index contributed by atoms with van der Waals surface area (Å²) in [5.41, 5.74) is 0. The van der Waals surface area contributed by atoms with Gasteiger partial charge in [-0.05, 0) is 22.0 Å². The van der Waals surface area contributed by atoms with Crippen LogP contribution < -0.4 is 0 Å². The van der Waals surface area contributed by atoms with Crippen molar-refractivity contribution >= 4 is 5.82 Å². The number of rotatable bonds is 1. The third-order valence-corrected chi connectivity index (χ3v) is 0.939. The van der Waals surface area contributed by atoms with Crippen molar-refractivity contribution in [2.75, 3.05) is 0 Å². The largest absolute Gasteiger partial charge is 0.501 e. The number of hydrogen-bond acceptors (Lipinski definition) is 4. The Hall–Kier alpha value is -1.65. The maximum atomic E-state index is 10.0. The Morgan fingerprint density at radius 3 is 2.50 bits per heavy atom. The highest BCUT2D eigenvalue weighted by atomic mass is 16.6. The molecule has 0 aliphatic heterocycles. The summed E-state index contributed by atoms with van der Waals surface area (Å²) in [7, 11) is 0. The van der Waals surface area contributed by atoms with E-state index in [2.05, 4.69) is 4.98 Å². The van der Waals surface area contributed by atoms with Crippen molar-refractivity contribution in [3.05, 3.63) is 28.4 Å². The van der Waals surface area contributed by atoms with Gasteiger partial charge in [0.05, 0.1) is 0 Å². The summed E-state index contributed by atoms with van der Waals surface area (Å²) in [6, 6.07) is 2.63. The van der Waals surface area contributed by atoms with E-state index in [4.69, 9.17) is 5.11 Å². The van der Waals surface area contributed by atoms with Crippen molar-refractivity contribution in [1.82, 2.24) is 4.98 Å². The van der Waals surface area contributed by atoms with Crippen LogP contribution >= 0.6 is 0 Å². The van der Waals surface area contributed by atoms with Crippen LogP contribution in [0.3, 0.4) is 0 Å². The first-order chi connectivity index (χ1) is 5.72. The lowest BCUT2D eigenvalue weighted by molar-refractivity contribution is -0.390. The van der Waals surface area contributed by atoms with Gasteiger partial charge < -0.3 is 15.2 Å². The van der Waals surface area contributed by atoms with E-state index in [0.717, 1.165) is 0 Å². The van der Waals surface area contributed by atoms with E-state index in [1.165, 1.54) is 18.3 Å². The Morgan fingerprint density at radius 1 is 1.58 bits per heavy atom. The number of aromatic hydroxyl groups is 1. The van der Waals surface area contributed by atoms with Crippen LogP contribution in [0.15, 0.2) is 18.3 Å². The van der Waals surface area contributed by atoms with E-state index in [0.29, 0.717) is 0 Å². The zero-order valence-electron chi connectivity index (χ0n) is 6.89. The average molecular weight is 170 g/mol. The van der Waals surface area contributed by atoms with Gasteiger partial charge in [0.15, 0.2) is 0 Å². The molecule has 0 spiro atoms. The second-order valence-corrected chi connectivity index (χ2v) is 1.60. The smallest absolute Gasteiger partial charge is 0.405 e. The highest BCUT2D eigenvalue weighted by molar-refractivity contribution is 5.36. The maximum absolute atomic E-state index is 10.0. The Balaban J connectivity index is 0.000000561. The molecule has 12 heavy (non-hydrogen) atoms. The van der Waals surface area contributed by atoms with Gasteiger partial charge in [-0.25, -0.2) is 0 Å². The van der Waals surface area contributed by atoms with Gasteiger partial charge in [-0.2, -0.15) is 0 Å². The number of nitro groups is 1. The van der Waals surface area contributed by atoms with Gasteiger partial charge in [-0.15, -0.1) is 0 Å². The van der Waals surface area contributed by atoms with Crippen LogP contribution in [-0.4, -0.2) is 15.0 Å². The normalized spacial score (nSPS) is 8.17. The summed E-state index contributed by atoms with van der Waals surface area (Å²) in [6.07, 6.45) is 1.25. The van der Waals surface area contributed by atoms with Crippen molar-refractivity contribution in [1.29, 1.82) is 0 Å². The molecule has 0 radical (unpaired) electrons. The molecule has 0 amide bonds. The molecular formula is C7H10N2O3. The van der Waals surface area contributed by atoms with Crippen molar-refractivity contribution in [2.45, 2.75) is 13.8 Å². The van der Waals surface area contributed by atoms with E-state index in [1.54, 1.807) is 0 Å². The van der Waals surface area contributed by atoms with Gasteiger partial charge in [0.25, 0.3) is 0 Å². The van der Waals surface area contributed by atoms with Crippen LogP contribution in [0.25, 0.3) is 0 Å². The summed E-state index contributed by atoms with van der Waals surface area (Å²) in [4.78, 5) is 12.6. The maximum Gasteiger partial charge on any atom is 0.405 e. The molecule has 0 unspecified atom stereocenters. The molecule has 0 atom stereocenters. The summed E-state index contributed by atoms with van der Waals surface area (Å²) in [6.45, 7) is 4.00. The van der Waals surface area contributed by atoms with Crippen LogP contribution in [0, 0.1) is 10.1 Å². The molecule has 0 aliphatic carbocycles. The van der Waals surface area contributed by atoms with Crippen LogP contribution in [0.5, 0.6) is 5.75 Å². The van der Waals surface area contributed by atoms with Gasteiger partial charge in [0.1, 0.15) is 6.20 Å². The summed E-state index contributed by atoms with van der Waals surface area (Å²) in [5, 5.41) is 18.8. The van der Waals surface area contributed by atoms with Gasteiger partial charge in [-0.1, -0.05) is 13.8 Å². The molecular weight excluding hydrogens is 160 g/mol. The minimum atomic E-state index is -0.741. The van der Waals surface area contributed by atoms with Crippen molar-refractivity contribution in [3.63, 3.8) is 0 Å². The van der Waals surface area contributed by atoms with Crippen LogP contribution in [0.1, 0.15) is 13.8 Å². The quantitative estimate of drug-likeness (QED) is 0.514. The number of aromatic nitrogens is 1. The number of hydrogen-bond donors (Lipinski definition) is 1. The highest BCUT2D eigenvalue weighted by Crippen LogP contribution is 2.19. The monoisotopic (exact) mass is 170 g/mol. The third kappa shape index (κ3) is 2.53. The van der Waals surface area contributed by atoms with Crippen molar-refractivity contribution < 1.29 is 10.0 Å². The molecule has 5 heteroatoms. The molecule has 1 aromatic rings. The topological polar surface area (TPSA) is 76.3 Å². The molecule has 5 nitrogen and oxygen atoms in total. The molecule has 0 fully saturated rings. The molecule has 0 aliphatic rings. The minimum Gasteiger partial charge on any atom is -0.501 e. The predicted octanol–water partition coefficient (Wildman–Crippen LogP) is 1.72. The molecule has 0 saturated carbocycles. The number of nitrogens with zero attached hydrogens (tertiary/aromatic N) is 2. The zero-order chi connectivity index (χ0) is 9.56. The van der Waals surface area contributed by atoms with E-state index in [1.807, 2.05) is 13.8 Å². The molecule has 1 heterocycles. The van der Waals surface area contributed by atoms with E-state index in [-0.39, 0.29) is 0 Å². The Morgan fingerprint density at radius 2 is 2.17 bits per heavy atom. The third-order valence-electron chi connectivity index (χ3n) is 0.939. The summed E-state index contributed by atoms with van der Waals surface area (Å²) >= 11 is 0. The van der Waals surface area contributed by atoms with Crippen LogP contribution in [0.4, 0.5) is 5.82 Å². The lowest BCUT2D eigenvalue weighted by Gasteiger charge is -1.91. The fraction of sp³-hybridized carbons (Fsp3) is 0.286. The first-order valence-electron chi connectivity index (χ1n) is 3.50. The van der Waals surface area contributed by atoms with Crippen molar-refractivity contribution in [2.24, 2.45) is 0 Å². The first kappa shape index (κ1) is 10.3. The first-order valence-corrected chi connectivity index (χ1v) is 3.50. The molecule has 66 valence electrons. The Kier molecular flexibility index (Phi) is 4.36. The second-order valence-electron chi connectivity index (χ2n) is 1.60. The molecule has 1 N–H and O–H groups in total.